The van der Waals surface area contributed by atoms with Crippen LogP contribution < -0.4 is 0 Å². The van der Waals surface area contributed by atoms with Gasteiger partial charge in [0.25, 0.3) is 5.91 Å². The second-order valence-electron chi connectivity index (χ2n) is 8.41. The number of hydrogen-bond donors (Lipinski definition) is 0. The molecule has 3 aliphatic rings. The number of likely N-dealkylation sites (tertiary alicyclic amines) is 2. The molecule has 1 atom stereocenters. The second-order valence-corrected chi connectivity index (χ2v) is 8.41. The molecule has 4 rings (SSSR count). The normalized spacial score (nSPS) is 28.0. The molecule has 6 heteroatoms. The molecule has 0 unspecified atom stereocenters. The minimum absolute atomic E-state index is 0.0379. The Morgan fingerprint density at radius 1 is 1.19 bits per heavy atom. The van der Waals surface area contributed by atoms with Crippen molar-refractivity contribution < 1.29 is 9.53 Å². The van der Waals surface area contributed by atoms with Crippen LogP contribution in [0.4, 0.5) is 0 Å². The number of aryl methyl sites for hydroxylation is 1. The molecule has 26 heavy (non-hydrogen) atoms. The fraction of sp³-hybridized carbons (Fsp3) is 0.750. The molecular formula is C20H30N4O2. The zero-order chi connectivity index (χ0) is 18.0. The van der Waals surface area contributed by atoms with Gasteiger partial charge in [0.1, 0.15) is 5.69 Å². The Morgan fingerprint density at radius 3 is 2.81 bits per heavy atom. The lowest BCUT2D eigenvalue weighted by atomic mass is 9.79. The van der Waals surface area contributed by atoms with Crippen molar-refractivity contribution in [2.24, 2.45) is 11.3 Å². The van der Waals surface area contributed by atoms with Crippen LogP contribution in [0.1, 0.15) is 48.3 Å². The minimum atomic E-state index is 0.0379. The lowest BCUT2D eigenvalue weighted by molar-refractivity contribution is 0.0308. The predicted octanol–water partition coefficient (Wildman–Crippen LogP) is 2.14. The zero-order valence-corrected chi connectivity index (χ0v) is 15.8. The van der Waals surface area contributed by atoms with E-state index in [4.69, 9.17) is 4.74 Å². The SMILES string of the molecule is Cc1cnc(C(=O)N2CC[C@@]3(CCCN(CC4CCOCC4)C3)C2)cn1. The van der Waals surface area contributed by atoms with Gasteiger partial charge in [0.05, 0.1) is 11.9 Å². The third kappa shape index (κ3) is 3.91. The van der Waals surface area contributed by atoms with Crippen molar-refractivity contribution in [2.45, 2.75) is 39.0 Å². The highest BCUT2D eigenvalue weighted by Crippen LogP contribution is 2.39. The predicted molar refractivity (Wildman–Crippen MR) is 98.9 cm³/mol. The highest BCUT2D eigenvalue weighted by atomic mass is 16.5. The van der Waals surface area contributed by atoms with Gasteiger partial charge in [-0.3, -0.25) is 9.78 Å². The first-order valence-corrected chi connectivity index (χ1v) is 10.0. The van der Waals surface area contributed by atoms with Crippen LogP contribution in [0.3, 0.4) is 0 Å². The molecule has 1 amide bonds. The van der Waals surface area contributed by atoms with Crippen molar-refractivity contribution in [1.29, 1.82) is 0 Å². The van der Waals surface area contributed by atoms with Crippen LogP contribution >= 0.6 is 0 Å². The minimum Gasteiger partial charge on any atom is -0.381 e. The van der Waals surface area contributed by atoms with Gasteiger partial charge in [-0.05, 0) is 51.5 Å². The number of rotatable bonds is 3. The molecule has 0 N–H and O–H groups in total. The first-order chi connectivity index (χ1) is 12.6. The number of ether oxygens (including phenoxy) is 1. The van der Waals surface area contributed by atoms with E-state index in [9.17, 15) is 4.79 Å². The van der Waals surface area contributed by atoms with E-state index in [-0.39, 0.29) is 11.3 Å². The summed E-state index contributed by atoms with van der Waals surface area (Å²) in [5.41, 5.74) is 1.59. The first-order valence-electron chi connectivity index (χ1n) is 10.0. The molecular weight excluding hydrogens is 328 g/mol. The number of hydrogen-bond acceptors (Lipinski definition) is 5. The number of amides is 1. The Balaban J connectivity index is 1.36. The fourth-order valence-electron chi connectivity index (χ4n) is 4.87. The van der Waals surface area contributed by atoms with Gasteiger partial charge in [0.2, 0.25) is 0 Å². The molecule has 1 spiro atoms. The molecule has 0 bridgehead atoms. The van der Waals surface area contributed by atoms with Gasteiger partial charge < -0.3 is 14.5 Å². The van der Waals surface area contributed by atoms with E-state index >= 15 is 0 Å². The summed E-state index contributed by atoms with van der Waals surface area (Å²) in [5, 5.41) is 0. The molecule has 142 valence electrons. The Bertz CT molecular complexity index is 629. The van der Waals surface area contributed by atoms with E-state index in [0.717, 1.165) is 50.9 Å². The standard InChI is InChI=1S/C20H30N4O2/c1-16-11-22-18(12-21-16)19(25)24-8-6-20(15-24)5-2-7-23(14-20)13-17-3-9-26-10-4-17/h11-12,17H,2-10,13-15H2,1H3/t20-/m1/s1. The maximum Gasteiger partial charge on any atom is 0.274 e. The maximum absolute atomic E-state index is 12.8. The number of nitrogens with zero attached hydrogens (tertiary/aromatic N) is 4. The Hall–Kier alpha value is -1.53. The fourth-order valence-corrected chi connectivity index (χ4v) is 4.87. The molecule has 3 aliphatic heterocycles. The van der Waals surface area contributed by atoms with Crippen LogP contribution in [0, 0.1) is 18.3 Å². The highest BCUT2D eigenvalue weighted by Gasteiger charge is 2.43. The van der Waals surface area contributed by atoms with Crippen LogP contribution in [0.5, 0.6) is 0 Å². The molecule has 4 heterocycles. The summed E-state index contributed by atoms with van der Waals surface area (Å²) in [4.78, 5) is 25.9. The van der Waals surface area contributed by atoms with Crippen LogP contribution in [-0.4, -0.2) is 71.6 Å². The second kappa shape index (κ2) is 7.61. The van der Waals surface area contributed by atoms with Gasteiger partial charge in [0.15, 0.2) is 0 Å². The van der Waals surface area contributed by atoms with E-state index in [1.54, 1.807) is 12.4 Å². The molecule has 1 aromatic heterocycles. The van der Waals surface area contributed by atoms with Crippen molar-refractivity contribution in [1.82, 2.24) is 19.8 Å². The summed E-state index contributed by atoms with van der Waals surface area (Å²) in [6.07, 6.45) is 9.27. The molecule has 3 saturated heterocycles. The molecule has 0 saturated carbocycles. The molecule has 6 nitrogen and oxygen atoms in total. The number of piperidine rings is 1. The van der Waals surface area contributed by atoms with Gasteiger partial charge in [-0.1, -0.05) is 0 Å². The summed E-state index contributed by atoms with van der Waals surface area (Å²) in [5.74, 6) is 0.816. The average molecular weight is 358 g/mol. The summed E-state index contributed by atoms with van der Waals surface area (Å²) in [6, 6.07) is 0. The monoisotopic (exact) mass is 358 g/mol. The Labute approximate surface area is 155 Å². The molecule has 1 aromatic rings. The van der Waals surface area contributed by atoms with Crippen molar-refractivity contribution in [3.8, 4) is 0 Å². The molecule has 3 fully saturated rings. The first kappa shape index (κ1) is 17.9. The van der Waals surface area contributed by atoms with E-state index in [2.05, 4.69) is 14.9 Å². The van der Waals surface area contributed by atoms with Crippen LogP contribution in [0.15, 0.2) is 12.4 Å². The topological polar surface area (TPSA) is 58.6 Å². The van der Waals surface area contributed by atoms with E-state index in [0.29, 0.717) is 5.69 Å². The Morgan fingerprint density at radius 2 is 2.04 bits per heavy atom. The largest absolute Gasteiger partial charge is 0.381 e. The third-order valence-electron chi connectivity index (χ3n) is 6.32. The van der Waals surface area contributed by atoms with Crippen LogP contribution in [0.2, 0.25) is 0 Å². The highest BCUT2D eigenvalue weighted by molar-refractivity contribution is 5.92. The lowest BCUT2D eigenvalue weighted by Gasteiger charge is -2.42. The van der Waals surface area contributed by atoms with E-state index in [1.807, 2.05) is 11.8 Å². The van der Waals surface area contributed by atoms with Crippen molar-refractivity contribution in [3.63, 3.8) is 0 Å². The van der Waals surface area contributed by atoms with Crippen LogP contribution in [-0.2, 0) is 4.74 Å². The average Bonchev–Trinajstić information content (AvgIpc) is 3.06. The van der Waals surface area contributed by atoms with Gasteiger partial charge in [-0.15, -0.1) is 0 Å². The number of carbonyl (C=O) groups excluding carboxylic acids is 1. The van der Waals surface area contributed by atoms with Crippen molar-refractivity contribution >= 4 is 5.91 Å². The lowest BCUT2D eigenvalue weighted by Crippen LogP contribution is -2.47. The molecule has 0 radical (unpaired) electrons. The molecule has 0 aliphatic carbocycles. The van der Waals surface area contributed by atoms with Crippen molar-refractivity contribution in [2.75, 3.05) is 45.9 Å². The van der Waals surface area contributed by atoms with Gasteiger partial charge >= 0.3 is 0 Å². The van der Waals surface area contributed by atoms with Gasteiger partial charge in [-0.25, -0.2) is 4.98 Å². The summed E-state index contributed by atoms with van der Waals surface area (Å²) in [7, 11) is 0. The quantitative estimate of drug-likeness (QED) is 0.829. The molecule has 0 aromatic carbocycles. The Kier molecular flexibility index (Phi) is 5.23. The van der Waals surface area contributed by atoms with Gasteiger partial charge in [0, 0.05) is 51.0 Å². The zero-order valence-electron chi connectivity index (χ0n) is 15.8. The van der Waals surface area contributed by atoms with Gasteiger partial charge in [-0.2, -0.15) is 0 Å². The number of aromatic nitrogens is 2. The maximum atomic E-state index is 12.8. The van der Waals surface area contributed by atoms with Crippen molar-refractivity contribution in [3.05, 3.63) is 23.8 Å². The smallest absolute Gasteiger partial charge is 0.274 e. The summed E-state index contributed by atoms with van der Waals surface area (Å²) >= 11 is 0. The summed E-state index contributed by atoms with van der Waals surface area (Å²) in [6.45, 7) is 8.98. The van der Waals surface area contributed by atoms with Crippen LogP contribution in [0.25, 0.3) is 0 Å². The third-order valence-corrected chi connectivity index (χ3v) is 6.32. The van der Waals surface area contributed by atoms with E-state index < -0.39 is 0 Å². The van der Waals surface area contributed by atoms with E-state index in [1.165, 1.54) is 38.8 Å². The summed E-state index contributed by atoms with van der Waals surface area (Å²) < 4.78 is 5.50. The number of carbonyl (C=O) groups is 1.